The van der Waals surface area contributed by atoms with Gasteiger partial charge < -0.3 is 11.1 Å². The number of nitrogens with one attached hydrogen (secondary N) is 1. The van der Waals surface area contributed by atoms with Gasteiger partial charge in [0, 0.05) is 18.5 Å². The predicted molar refractivity (Wildman–Crippen MR) is 66.5 cm³/mol. The van der Waals surface area contributed by atoms with Gasteiger partial charge in [0.05, 0.1) is 4.92 Å². The lowest BCUT2D eigenvalue weighted by molar-refractivity contribution is -0.384. The lowest BCUT2D eigenvalue weighted by atomic mass is 10.1. The number of rotatable bonds is 5. The molecular formula is C11H14N4O2. The number of anilines is 2. The Kier molecular flexibility index (Phi) is 4.29. The normalized spacial score (nSPS) is 11.5. The van der Waals surface area contributed by atoms with Crippen LogP contribution in [0.1, 0.15) is 19.8 Å². The molecule has 1 atom stereocenters. The standard InChI is InChI=1S/C11H14N4O2/c1-3-5-8(4-2)13-10-7-6-9(15(16)17)11(12)14-10/h1,6-8H,4-5H2,2H3,(H3,12,13,14). The highest BCUT2D eigenvalue weighted by Crippen LogP contribution is 2.21. The fourth-order valence-corrected chi connectivity index (χ4v) is 1.35. The number of hydrogen-bond acceptors (Lipinski definition) is 5. The first-order valence-electron chi connectivity index (χ1n) is 5.19. The summed E-state index contributed by atoms with van der Waals surface area (Å²) in [6, 6.07) is 2.94. The van der Waals surface area contributed by atoms with Crippen LogP contribution in [0.5, 0.6) is 0 Å². The van der Waals surface area contributed by atoms with Gasteiger partial charge in [0.15, 0.2) is 0 Å². The molecule has 3 N–H and O–H groups in total. The largest absolute Gasteiger partial charge is 0.378 e. The maximum absolute atomic E-state index is 10.6. The summed E-state index contributed by atoms with van der Waals surface area (Å²) in [5, 5.41) is 13.6. The molecule has 1 heterocycles. The molecule has 0 aromatic carbocycles. The zero-order valence-electron chi connectivity index (χ0n) is 9.51. The van der Waals surface area contributed by atoms with Crippen LogP contribution < -0.4 is 11.1 Å². The SMILES string of the molecule is C#CCC(CC)Nc1ccc([N+](=O)[O-])c(N)n1. The molecule has 17 heavy (non-hydrogen) atoms. The molecule has 0 fully saturated rings. The molecule has 0 aliphatic heterocycles. The zero-order chi connectivity index (χ0) is 12.8. The van der Waals surface area contributed by atoms with Crippen LogP contribution in [0, 0.1) is 22.5 Å². The molecule has 0 bridgehead atoms. The fraction of sp³-hybridized carbons (Fsp3) is 0.364. The van der Waals surface area contributed by atoms with E-state index in [1.54, 1.807) is 0 Å². The number of nitrogens with zero attached hydrogens (tertiary/aromatic N) is 2. The summed E-state index contributed by atoms with van der Waals surface area (Å²) >= 11 is 0. The summed E-state index contributed by atoms with van der Waals surface area (Å²) < 4.78 is 0. The number of nitro groups is 1. The minimum absolute atomic E-state index is 0.0911. The Labute approximate surface area is 99.4 Å². The monoisotopic (exact) mass is 234 g/mol. The molecule has 1 rings (SSSR count). The van der Waals surface area contributed by atoms with Gasteiger partial charge in [0.2, 0.25) is 5.82 Å². The summed E-state index contributed by atoms with van der Waals surface area (Å²) in [6.45, 7) is 1.99. The Bertz CT molecular complexity index is 453. The van der Waals surface area contributed by atoms with Crippen LogP contribution in [0.3, 0.4) is 0 Å². The van der Waals surface area contributed by atoms with Gasteiger partial charge in [0.25, 0.3) is 0 Å². The van der Waals surface area contributed by atoms with Gasteiger partial charge in [0.1, 0.15) is 5.82 Å². The average Bonchev–Trinajstić information content (AvgIpc) is 2.28. The summed E-state index contributed by atoms with van der Waals surface area (Å²) in [4.78, 5) is 13.9. The van der Waals surface area contributed by atoms with Crippen molar-refractivity contribution in [1.82, 2.24) is 4.98 Å². The molecule has 0 aliphatic rings. The summed E-state index contributed by atoms with van der Waals surface area (Å²) in [5.41, 5.74) is 5.29. The van der Waals surface area contributed by atoms with Gasteiger partial charge >= 0.3 is 5.69 Å². The van der Waals surface area contributed by atoms with Crippen molar-refractivity contribution >= 4 is 17.3 Å². The van der Waals surface area contributed by atoms with E-state index >= 15 is 0 Å². The number of aromatic nitrogens is 1. The summed E-state index contributed by atoms with van der Waals surface area (Å²) in [7, 11) is 0. The molecule has 6 heteroatoms. The van der Waals surface area contributed by atoms with Crippen LogP contribution in [-0.2, 0) is 0 Å². The molecule has 1 unspecified atom stereocenters. The van der Waals surface area contributed by atoms with E-state index in [1.807, 2.05) is 6.92 Å². The number of nitrogens with two attached hydrogens (primary N) is 1. The van der Waals surface area contributed by atoms with Crippen molar-refractivity contribution < 1.29 is 4.92 Å². The molecule has 0 spiro atoms. The number of pyridine rings is 1. The van der Waals surface area contributed by atoms with E-state index in [1.165, 1.54) is 12.1 Å². The second kappa shape index (κ2) is 5.70. The Morgan fingerprint density at radius 3 is 2.88 bits per heavy atom. The van der Waals surface area contributed by atoms with Crippen molar-refractivity contribution in [1.29, 1.82) is 0 Å². The fourth-order valence-electron chi connectivity index (χ4n) is 1.35. The zero-order valence-corrected chi connectivity index (χ0v) is 9.51. The Morgan fingerprint density at radius 1 is 1.71 bits per heavy atom. The van der Waals surface area contributed by atoms with Crippen molar-refractivity contribution in [2.75, 3.05) is 11.1 Å². The first kappa shape index (κ1) is 12.8. The van der Waals surface area contributed by atoms with Gasteiger partial charge in [-0.25, -0.2) is 4.98 Å². The van der Waals surface area contributed by atoms with Crippen molar-refractivity contribution in [2.45, 2.75) is 25.8 Å². The molecule has 0 amide bonds. The molecule has 0 saturated carbocycles. The highest BCUT2D eigenvalue weighted by atomic mass is 16.6. The Balaban J connectivity index is 2.84. The average molecular weight is 234 g/mol. The third-order valence-electron chi connectivity index (χ3n) is 2.31. The second-order valence-electron chi connectivity index (χ2n) is 3.52. The first-order chi connectivity index (χ1) is 8.08. The Hall–Kier alpha value is -2.29. The van der Waals surface area contributed by atoms with Crippen LogP contribution in [0.25, 0.3) is 0 Å². The van der Waals surface area contributed by atoms with E-state index in [2.05, 4.69) is 16.2 Å². The van der Waals surface area contributed by atoms with Crippen molar-refractivity contribution in [2.24, 2.45) is 0 Å². The smallest absolute Gasteiger partial charge is 0.311 e. The van der Waals surface area contributed by atoms with Crippen LogP contribution >= 0.6 is 0 Å². The molecule has 0 aliphatic carbocycles. The second-order valence-corrected chi connectivity index (χ2v) is 3.52. The van der Waals surface area contributed by atoms with E-state index in [-0.39, 0.29) is 17.5 Å². The van der Waals surface area contributed by atoms with Crippen LogP contribution in [-0.4, -0.2) is 15.9 Å². The third-order valence-corrected chi connectivity index (χ3v) is 2.31. The predicted octanol–water partition coefficient (Wildman–Crippen LogP) is 1.79. The van der Waals surface area contributed by atoms with Gasteiger partial charge in [-0.1, -0.05) is 6.92 Å². The molecule has 6 nitrogen and oxygen atoms in total. The minimum Gasteiger partial charge on any atom is -0.378 e. The number of nitrogen functional groups attached to an aromatic ring is 1. The number of hydrogen-bond donors (Lipinski definition) is 2. The molecule has 1 aromatic heterocycles. The Morgan fingerprint density at radius 2 is 2.41 bits per heavy atom. The van der Waals surface area contributed by atoms with Crippen LogP contribution in [0.2, 0.25) is 0 Å². The van der Waals surface area contributed by atoms with E-state index in [9.17, 15) is 10.1 Å². The highest BCUT2D eigenvalue weighted by molar-refractivity contribution is 5.57. The third kappa shape index (κ3) is 3.34. The number of terminal acetylenes is 1. The van der Waals surface area contributed by atoms with E-state index in [0.29, 0.717) is 12.2 Å². The summed E-state index contributed by atoms with van der Waals surface area (Å²) in [6.07, 6.45) is 6.63. The van der Waals surface area contributed by atoms with Crippen molar-refractivity contribution in [3.8, 4) is 12.3 Å². The van der Waals surface area contributed by atoms with E-state index < -0.39 is 4.92 Å². The first-order valence-corrected chi connectivity index (χ1v) is 5.19. The molecule has 0 saturated heterocycles. The topological polar surface area (TPSA) is 94.1 Å². The van der Waals surface area contributed by atoms with E-state index in [0.717, 1.165) is 6.42 Å². The van der Waals surface area contributed by atoms with Crippen LogP contribution in [0.4, 0.5) is 17.3 Å². The molecule has 1 aromatic rings. The molecule has 90 valence electrons. The summed E-state index contributed by atoms with van der Waals surface area (Å²) in [5.74, 6) is 2.95. The highest BCUT2D eigenvalue weighted by Gasteiger charge is 2.13. The lowest BCUT2D eigenvalue weighted by Crippen LogP contribution is -2.18. The molecular weight excluding hydrogens is 220 g/mol. The van der Waals surface area contributed by atoms with Gasteiger partial charge in [-0.05, 0) is 12.5 Å². The quantitative estimate of drug-likeness (QED) is 0.460. The molecule has 0 radical (unpaired) electrons. The maximum atomic E-state index is 10.6. The van der Waals surface area contributed by atoms with E-state index in [4.69, 9.17) is 12.2 Å². The lowest BCUT2D eigenvalue weighted by Gasteiger charge is -2.14. The maximum Gasteiger partial charge on any atom is 0.311 e. The van der Waals surface area contributed by atoms with Crippen molar-refractivity contribution in [3.05, 3.63) is 22.2 Å². The van der Waals surface area contributed by atoms with Crippen LogP contribution in [0.15, 0.2) is 12.1 Å². The minimum atomic E-state index is -0.565. The van der Waals surface area contributed by atoms with Gasteiger partial charge in [-0.2, -0.15) is 0 Å². The van der Waals surface area contributed by atoms with Gasteiger partial charge in [-0.3, -0.25) is 10.1 Å². The van der Waals surface area contributed by atoms with Gasteiger partial charge in [-0.15, -0.1) is 12.3 Å². The van der Waals surface area contributed by atoms with Crippen molar-refractivity contribution in [3.63, 3.8) is 0 Å².